The van der Waals surface area contributed by atoms with E-state index in [1.54, 1.807) is 0 Å². The lowest BCUT2D eigenvalue weighted by molar-refractivity contribution is 0.533. The molecule has 1 atom stereocenters. The molecule has 0 aromatic heterocycles. The molecule has 2 heteroatoms. The van der Waals surface area contributed by atoms with Crippen LogP contribution in [-0.2, 0) is 6.42 Å². The highest BCUT2D eigenvalue weighted by atomic mass is 32.2. The molecule has 1 fully saturated rings. The fraction of sp³-hybridized carbons (Fsp3) is 0.538. The molecule has 82 valence electrons. The van der Waals surface area contributed by atoms with Crippen LogP contribution in [0.2, 0.25) is 0 Å². The van der Waals surface area contributed by atoms with Crippen molar-refractivity contribution in [3.63, 3.8) is 0 Å². The number of nitrogens with one attached hydrogen (secondary N) is 1. The van der Waals surface area contributed by atoms with E-state index in [0.29, 0.717) is 0 Å². The SMILES string of the molecule is CSc1ccc(CCC2CCNC2)cc1. The van der Waals surface area contributed by atoms with E-state index in [4.69, 9.17) is 0 Å². The van der Waals surface area contributed by atoms with Crippen molar-refractivity contribution < 1.29 is 0 Å². The molecule has 0 radical (unpaired) electrons. The fourth-order valence-electron chi connectivity index (χ4n) is 2.12. The Morgan fingerprint density at radius 3 is 2.73 bits per heavy atom. The van der Waals surface area contributed by atoms with E-state index in [-0.39, 0.29) is 0 Å². The first kappa shape index (κ1) is 11.0. The first-order valence-corrected chi connectivity index (χ1v) is 6.94. The Kier molecular flexibility index (Phi) is 4.09. The standard InChI is InChI=1S/C13H19NS/c1-15-13-6-4-11(5-7-13)2-3-12-8-9-14-10-12/h4-7,12,14H,2-3,8-10H2,1H3. The summed E-state index contributed by atoms with van der Waals surface area (Å²) in [4.78, 5) is 1.36. The summed E-state index contributed by atoms with van der Waals surface area (Å²) in [5.41, 5.74) is 1.49. The van der Waals surface area contributed by atoms with Gasteiger partial charge >= 0.3 is 0 Å². The minimum absolute atomic E-state index is 0.908. The van der Waals surface area contributed by atoms with Crippen LogP contribution < -0.4 is 5.32 Å². The van der Waals surface area contributed by atoms with Gasteiger partial charge in [-0.2, -0.15) is 0 Å². The molecule has 0 spiro atoms. The molecule has 0 aliphatic carbocycles. The van der Waals surface area contributed by atoms with Crippen LogP contribution in [0.25, 0.3) is 0 Å². The predicted octanol–water partition coefficient (Wildman–Crippen LogP) is 2.95. The Morgan fingerprint density at radius 2 is 2.13 bits per heavy atom. The smallest absolute Gasteiger partial charge is 0.00693 e. The molecule has 1 aliphatic heterocycles. The van der Waals surface area contributed by atoms with E-state index in [1.165, 1.54) is 42.8 Å². The van der Waals surface area contributed by atoms with Crippen molar-refractivity contribution in [1.29, 1.82) is 0 Å². The maximum absolute atomic E-state index is 3.42. The molecule has 0 amide bonds. The molecule has 0 bridgehead atoms. The molecule has 1 nitrogen and oxygen atoms in total. The Bertz CT molecular complexity index is 288. The third-order valence-electron chi connectivity index (χ3n) is 3.16. The molecule has 1 N–H and O–H groups in total. The highest BCUT2D eigenvalue weighted by molar-refractivity contribution is 7.98. The molecular weight excluding hydrogens is 202 g/mol. The summed E-state index contributed by atoms with van der Waals surface area (Å²) in [6.07, 6.45) is 6.06. The third-order valence-corrected chi connectivity index (χ3v) is 3.91. The summed E-state index contributed by atoms with van der Waals surface area (Å²) >= 11 is 1.81. The fourth-order valence-corrected chi connectivity index (χ4v) is 2.53. The van der Waals surface area contributed by atoms with Gasteiger partial charge in [-0.25, -0.2) is 0 Å². The molecular formula is C13H19NS. The summed E-state index contributed by atoms with van der Waals surface area (Å²) in [5.74, 6) is 0.908. The van der Waals surface area contributed by atoms with Crippen molar-refractivity contribution in [2.24, 2.45) is 5.92 Å². The number of benzene rings is 1. The van der Waals surface area contributed by atoms with Crippen LogP contribution in [0.15, 0.2) is 29.2 Å². The number of hydrogen-bond donors (Lipinski definition) is 1. The van der Waals surface area contributed by atoms with Gasteiger partial charge in [-0.15, -0.1) is 11.8 Å². The zero-order valence-corrected chi connectivity index (χ0v) is 10.1. The number of thioether (sulfide) groups is 1. The Labute approximate surface area is 96.7 Å². The van der Waals surface area contributed by atoms with Crippen LogP contribution in [0, 0.1) is 5.92 Å². The zero-order chi connectivity index (χ0) is 10.5. The highest BCUT2D eigenvalue weighted by Gasteiger charge is 2.13. The first-order valence-electron chi connectivity index (χ1n) is 5.72. The maximum Gasteiger partial charge on any atom is 0.00693 e. The summed E-state index contributed by atoms with van der Waals surface area (Å²) in [6, 6.07) is 9.00. The van der Waals surface area contributed by atoms with Crippen molar-refractivity contribution in [2.75, 3.05) is 19.3 Å². The van der Waals surface area contributed by atoms with Gasteiger partial charge in [-0.1, -0.05) is 12.1 Å². The van der Waals surface area contributed by atoms with Crippen LogP contribution in [0.4, 0.5) is 0 Å². The topological polar surface area (TPSA) is 12.0 Å². The van der Waals surface area contributed by atoms with Crippen molar-refractivity contribution in [2.45, 2.75) is 24.2 Å². The van der Waals surface area contributed by atoms with E-state index in [1.807, 2.05) is 11.8 Å². The molecule has 1 aromatic rings. The molecule has 1 unspecified atom stereocenters. The van der Waals surface area contributed by atoms with E-state index in [2.05, 4.69) is 35.8 Å². The van der Waals surface area contributed by atoms with Gasteiger partial charge in [0.15, 0.2) is 0 Å². The molecule has 1 saturated heterocycles. The number of hydrogen-bond acceptors (Lipinski definition) is 2. The monoisotopic (exact) mass is 221 g/mol. The summed E-state index contributed by atoms with van der Waals surface area (Å²) in [7, 11) is 0. The van der Waals surface area contributed by atoms with Gasteiger partial charge in [-0.05, 0) is 62.2 Å². The molecule has 1 aliphatic rings. The summed E-state index contributed by atoms with van der Waals surface area (Å²) < 4.78 is 0. The van der Waals surface area contributed by atoms with Gasteiger partial charge in [0.05, 0.1) is 0 Å². The minimum Gasteiger partial charge on any atom is -0.316 e. The lowest BCUT2D eigenvalue weighted by Crippen LogP contribution is -2.09. The normalized spacial score (nSPS) is 20.7. The lowest BCUT2D eigenvalue weighted by Gasteiger charge is -2.08. The third kappa shape index (κ3) is 3.25. The number of rotatable bonds is 4. The summed E-state index contributed by atoms with van der Waals surface area (Å²) in [5, 5.41) is 3.42. The minimum atomic E-state index is 0.908. The second-order valence-corrected chi connectivity index (χ2v) is 5.13. The van der Waals surface area contributed by atoms with Crippen LogP contribution in [0.5, 0.6) is 0 Å². The lowest BCUT2D eigenvalue weighted by atomic mass is 9.99. The van der Waals surface area contributed by atoms with Gasteiger partial charge in [-0.3, -0.25) is 0 Å². The molecule has 1 heterocycles. The van der Waals surface area contributed by atoms with Crippen molar-refractivity contribution in [3.8, 4) is 0 Å². The van der Waals surface area contributed by atoms with E-state index in [9.17, 15) is 0 Å². The van der Waals surface area contributed by atoms with Gasteiger partial charge in [0, 0.05) is 4.90 Å². The van der Waals surface area contributed by atoms with Crippen molar-refractivity contribution >= 4 is 11.8 Å². The first-order chi connectivity index (χ1) is 7.38. The molecule has 2 rings (SSSR count). The molecule has 1 aromatic carbocycles. The van der Waals surface area contributed by atoms with E-state index >= 15 is 0 Å². The van der Waals surface area contributed by atoms with Crippen LogP contribution in [0.3, 0.4) is 0 Å². The van der Waals surface area contributed by atoms with Crippen LogP contribution in [-0.4, -0.2) is 19.3 Å². The quantitative estimate of drug-likeness (QED) is 0.785. The number of aryl methyl sites for hydroxylation is 1. The van der Waals surface area contributed by atoms with Gasteiger partial charge in [0.25, 0.3) is 0 Å². The second-order valence-electron chi connectivity index (χ2n) is 4.25. The maximum atomic E-state index is 3.42. The Morgan fingerprint density at radius 1 is 1.33 bits per heavy atom. The Balaban J connectivity index is 1.82. The van der Waals surface area contributed by atoms with Gasteiger partial charge in [0.2, 0.25) is 0 Å². The van der Waals surface area contributed by atoms with Crippen molar-refractivity contribution in [3.05, 3.63) is 29.8 Å². The molecule has 0 saturated carbocycles. The van der Waals surface area contributed by atoms with Crippen molar-refractivity contribution in [1.82, 2.24) is 5.32 Å². The molecule has 15 heavy (non-hydrogen) atoms. The average Bonchev–Trinajstić information content (AvgIpc) is 2.80. The van der Waals surface area contributed by atoms with Gasteiger partial charge < -0.3 is 5.32 Å². The van der Waals surface area contributed by atoms with Gasteiger partial charge in [0.1, 0.15) is 0 Å². The largest absolute Gasteiger partial charge is 0.316 e. The van der Waals surface area contributed by atoms with E-state index in [0.717, 1.165) is 5.92 Å². The van der Waals surface area contributed by atoms with Crippen LogP contribution in [0.1, 0.15) is 18.4 Å². The predicted molar refractivity (Wildman–Crippen MR) is 67.5 cm³/mol. The highest BCUT2D eigenvalue weighted by Crippen LogP contribution is 2.18. The average molecular weight is 221 g/mol. The van der Waals surface area contributed by atoms with E-state index < -0.39 is 0 Å². The second kappa shape index (κ2) is 5.57. The summed E-state index contributed by atoms with van der Waals surface area (Å²) in [6.45, 7) is 2.44. The van der Waals surface area contributed by atoms with Crippen LogP contribution >= 0.6 is 11.8 Å². The zero-order valence-electron chi connectivity index (χ0n) is 9.33. The Hall–Kier alpha value is -0.470.